The summed E-state index contributed by atoms with van der Waals surface area (Å²) in [6, 6.07) is 0.857. The van der Waals surface area contributed by atoms with Crippen LogP contribution < -0.4 is 5.73 Å². The molecule has 1 rings (SSSR count). The molecule has 0 aromatic rings. The predicted octanol–water partition coefficient (Wildman–Crippen LogP) is 2.77. The Morgan fingerprint density at radius 3 is 2.40 bits per heavy atom. The van der Waals surface area contributed by atoms with Gasteiger partial charge in [-0.3, -0.25) is 4.90 Å². The summed E-state index contributed by atoms with van der Waals surface area (Å²) in [5.74, 6) is 0. The van der Waals surface area contributed by atoms with E-state index in [4.69, 9.17) is 5.73 Å². The summed E-state index contributed by atoms with van der Waals surface area (Å²) in [6.45, 7) is 5.48. The van der Waals surface area contributed by atoms with Gasteiger partial charge < -0.3 is 5.73 Å². The van der Waals surface area contributed by atoms with Gasteiger partial charge in [0.25, 0.3) is 0 Å². The first kappa shape index (κ1) is 13.0. The van der Waals surface area contributed by atoms with Crippen LogP contribution in [0.15, 0.2) is 0 Å². The average Bonchev–Trinajstić information content (AvgIpc) is 2.76. The molecule has 0 spiro atoms. The third kappa shape index (κ3) is 4.98. The minimum atomic E-state index is 0.824. The topological polar surface area (TPSA) is 29.3 Å². The van der Waals surface area contributed by atoms with Crippen molar-refractivity contribution in [2.75, 3.05) is 19.6 Å². The van der Waals surface area contributed by atoms with Gasteiger partial charge in [-0.25, -0.2) is 0 Å². The molecule has 0 amide bonds. The van der Waals surface area contributed by atoms with E-state index in [2.05, 4.69) is 11.8 Å². The van der Waals surface area contributed by atoms with Gasteiger partial charge in [0.1, 0.15) is 0 Å². The fraction of sp³-hybridized carbons (Fsp3) is 1.00. The number of hydrogen-bond acceptors (Lipinski definition) is 2. The lowest BCUT2D eigenvalue weighted by Crippen LogP contribution is -2.37. The minimum absolute atomic E-state index is 0.824. The zero-order valence-corrected chi connectivity index (χ0v) is 10.4. The van der Waals surface area contributed by atoms with E-state index in [-0.39, 0.29) is 0 Å². The molecule has 2 heteroatoms. The highest BCUT2D eigenvalue weighted by atomic mass is 15.2. The van der Waals surface area contributed by atoms with E-state index >= 15 is 0 Å². The van der Waals surface area contributed by atoms with Crippen molar-refractivity contribution in [3.8, 4) is 0 Å². The standard InChI is InChI=1S/C13H28N2/c1-2-3-4-7-11-15(12-10-14)13-8-5-6-9-13/h13H,2-12,14H2,1H3. The molecule has 0 heterocycles. The number of hydrogen-bond donors (Lipinski definition) is 1. The van der Waals surface area contributed by atoms with Gasteiger partial charge in [-0.1, -0.05) is 39.0 Å². The summed E-state index contributed by atoms with van der Waals surface area (Å²) >= 11 is 0. The van der Waals surface area contributed by atoms with Gasteiger partial charge in [0.15, 0.2) is 0 Å². The zero-order valence-electron chi connectivity index (χ0n) is 10.4. The Kier molecular flexibility index (Phi) is 7.03. The first-order valence-electron chi connectivity index (χ1n) is 6.82. The van der Waals surface area contributed by atoms with Crippen LogP contribution in [0.1, 0.15) is 58.3 Å². The lowest BCUT2D eigenvalue weighted by atomic mass is 10.1. The van der Waals surface area contributed by atoms with Crippen molar-refractivity contribution in [1.82, 2.24) is 4.90 Å². The van der Waals surface area contributed by atoms with E-state index in [0.29, 0.717) is 0 Å². The summed E-state index contributed by atoms with van der Waals surface area (Å²) < 4.78 is 0. The molecule has 1 aliphatic carbocycles. The molecule has 15 heavy (non-hydrogen) atoms. The molecule has 0 radical (unpaired) electrons. The highest BCUT2D eigenvalue weighted by Gasteiger charge is 2.21. The molecule has 0 bridgehead atoms. The van der Waals surface area contributed by atoms with Crippen molar-refractivity contribution in [2.24, 2.45) is 5.73 Å². The van der Waals surface area contributed by atoms with Crippen molar-refractivity contribution >= 4 is 0 Å². The fourth-order valence-corrected chi connectivity index (χ4v) is 2.65. The summed E-state index contributed by atoms with van der Waals surface area (Å²) in [6.07, 6.45) is 11.2. The highest BCUT2D eigenvalue weighted by molar-refractivity contribution is 4.77. The van der Waals surface area contributed by atoms with Gasteiger partial charge in [0, 0.05) is 19.1 Å². The second-order valence-corrected chi connectivity index (χ2v) is 4.82. The Morgan fingerprint density at radius 1 is 1.07 bits per heavy atom. The van der Waals surface area contributed by atoms with Crippen LogP contribution in [-0.4, -0.2) is 30.6 Å². The molecule has 2 nitrogen and oxygen atoms in total. The van der Waals surface area contributed by atoms with Gasteiger partial charge in [0.2, 0.25) is 0 Å². The largest absolute Gasteiger partial charge is 0.329 e. The number of unbranched alkanes of at least 4 members (excludes halogenated alkanes) is 3. The molecule has 0 aliphatic heterocycles. The maximum Gasteiger partial charge on any atom is 0.0108 e. The third-order valence-electron chi connectivity index (χ3n) is 3.56. The Morgan fingerprint density at radius 2 is 1.80 bits per heavy atom. The molecule has 1 saturated carbocycles. The second-order valence-electron chi connectivity index (χ2n) is 4.82. The number of rotatable bonds is 8. The van der Waals surface area contributed by atoms with Crippen LogP contribution in [0.4, 0.5) is 0 Å². The van der Waals surface area contributed by atoms with Crippen molar-refractivity contribution < 1.29 is 0 Å². The van der Waals surface area contributed by atoms with Crippen LogP contribution in [0, 0.1) is 0 Å². The smallest absolute Gasteiger partial charge is 0.0108 e. The molecule has 0 aromatic heterocycles. The van der Waals surface area contributed by atoms with E-state index in [1.54, 1.807) is 0 Å². The molecule has 0 unspecified atom stereocenters. The van der Waals surface area contributed by atoms with E-state index < -0.39 is 0 Å². The molecule has 1 aliphatic rings. The van der Waals surface area contributed by atoms with E-state index in [1.807, 2.05) is 0 Å². The van der Waals surface area contributed by atoms with E-state index in [9.17, 15) is 0 Å². The monoisotopic (exact) mass is 212 g/mol. The van der Waals surface area contributed by atoms with Gasteiger partial charge in [-0.2, -0.15) is 0 Å². The lowest BCUT2D eigenvalue weighted by Gasteiger charge is -2.28. The average molecular weight is 212 g/mol. The number of nitrogens with two attached hydrogens (primary N) is 1. The van der Waals surface area contributed by atoms with Gasteiger partial charge >= 0.3 is 0 Å². The summed E-state index contributed by atoms with van der Waals surface area (Å²) in [5, 5.41) is 0. The second kappa shape index (κ2) is 8.12. The summed E-state index contributed by atoms with van der Waals surface area (Å²) in [5.41, 5.74) is 5.69. The molecule has 0 saturated heterocycles. The van der Waals surface area contributed by atoms with E-state index in [0.717, 1.165) is 19.1 Å². The maximum absolute atomic E-state index is 5.69. The molecular formula is C13H28N2. The first-order valence-corrected chi connectivity index (χ1v) is 6.82. The van der Waals surface area contributed by atoms with Crippen LogP contribution in [0.3, 0.4) is 0 Å². The van der Waals surface area contributed by atoms with E-state index in [1.165, 1.54) is 57.9 Å². The molecule has 2 N–H and O–H groups in total. The van der Waals surface area contributed by atoms with Gasteiger partial charge in [-0.15, -0.1) is 0 Å². The summed E-state index contributed by atoms with van der Waals surface area (Å²) in [7, 11) is 0. The van der Waals surface area contributed by atoms with Gasteiger partial charge in [-0.05, 0) is 25.8 Å². The van der Waals surface area contributed by atoms with Crippen LogP contribution in [0.25, 0.3) is 0 Å². The van der Waals surface area contributed by atoms with Crippen LogP contribution in [-0.2, 0) is 0 Å². The number of nitrogens with zero attached hydrogens (tertiary/aromatic N) is 1. The normalized spacial score (nSPS) is 17.8. The fourth-order valence-electron chi connectivity index (χ4n) is 2.65. The molecule has 1 fully saturated rings. The van der Waals surface area contributed by atoms with Crippen LogP contribution in [0.5, 0.6) is 0 Å². The van der Waals surface area contributed by atoms with Crippen molar-refractivity contribution in [3.05, 3.63) is 0 Å². The minimum Gasteiger partial charge on any atom is -0.329 e. The maximum atomic E-state index is 5.69. The lowest BCUT2D eigenvalue weighted by molar-refractivity contribution is 0.199. The molecule has 90 valence electrons. The Balaban J connectivity index is 2.17. The molecule has 0 atom stereocenters. The van der Waals surface area contributed by atoms with Crippen molar-refractivity contribution in [3.63, 3.8) is 0 Å². The Labute approximate surface area is 95.2 Å². The van der Waals surface area contributed by atoms with Crippen LogP contribution in [0.2, 0.25) is 0 Å². The predicted molar refractivity (Wildman–Crippen MR) is 67.0 cm³/mol. The SMILES string of the molecule is CCCCCCN(CCN)C1CCCC1. The molecule has 0 aromatic carbocycles. The molecular weight excluding hydrogens is 184 g/mol. The van der Waals surface area contributed by atoms with Crippen molar-refractivity contribution in [1.29, 1.82) is 0 Å². The third-order valence-corrected chi connectivity index (χ3v) is 3.56. The quantitative estimate of drug-likeness (QED) is 0.627. The first-order chi connectivity index (χ1) is 7.38. The van der Waals surface area contributed by atoms with Crippen molar-refractivity contribution in [2.45, 2.75) is 64.3 Å². The highest BCUT2D eigenvalue weighted by Crippen LogP contribution is 2.23. The van der Waals surface area contributed by atoms with Crippen LogP contribution >= 0.6 is 0 Å². The zero-order chi connectivity index (χ0) is 10.9. The van der Waals surface area contributed by atoms with Gasteiger partial charge in [0.05, 0.1) is 0 Å². The summed E-state index contributed by atoms with van der Waals surface area (Å²) in [4.78, 5) is 2.64. The Hall–Kier alpha value is -0.0800. The Bertz CT molecular complexity index is 141.